The normalized spacial score (nSPS) is 11.9. The van der Waals surface area contributed by atoms with Crippen molar-refractivity contribution in [2.45, 2.75) is 6.92 Å². The van der Waals surface area contributed by atoms with E-state index < -0.39 is 0 Å². The highest BCUT2D eigenvalue weighted by Gasteiger charge is 1.94. The fourth-order valence-corrected chi connectivity index (χ4v) is 0.764. The lowest BCUT2D eigenvalue weighted by Gasteiger charge is -2.02. The summed E-state index contributed by atoms with van der Waals surface area (Å²) >= 11 is 0. The molecule has 0 fully saturated rings. The molecule has 0 unspecified atom stereocenters. The lowest BCUT2D eigenvalue weighted by atomic mass is 10.5. The lowest BCUT2D eigenvalue weighted by Crippen LogP contribution is -2.35. The van der Waals surface area contributed by atoms with E-state index in [-0.39, 0.29) is 11.0 Å². The highest BCUT2D eigenvalue weighted by atomic mass is 16.6. The van der Waals surface area contributed by atoms with Gasteiger partial charge in [-0.15, -0.1) is 0 Å². The molecule has 1 aromatic heterocycles. The van der Waals surface area contributed by atoms with Gasteiger partial charge in [0.1, 0.15) is 0 Å². The fourth-order valence-electron chi connectivity index (χ4n) is 0.764. The quantitative estimate of drug-likeness (QED) is 0.480. The van der Waals surface area contributed by atoms with Gasteiger partial charge in [0.25, 0.3) is 0 Å². The second-order valence-corrected chi connectivity index (χ2v) is 2.13. The van der Waals surface area contributed by atoms with E-state index in [0.717, 1.165) is 0 Å². The largest absolute Gasteiger partial charge is 0.409 e. The molecule has 0 aliphatic rings. The Labute approximate surface area is 68.1 Å². The maximum absolute atomic E-state index is 9.13. The second-order valence-electron chi connectivity index (χ2n) is 2.13. The van der Waals surface area contributed by atoms with Gasteiger partial charge in [0, 0.05) is 6.54 Å². The third-order valence-corrected chi connectivity index (χ3v) is 1.31. The summed E-state index contributed by atoms with van der Waals surface area (Å²) in [6.45, 7) is 2.30. The minimum absolute atomic E-state index is 0.205. The van der Waals surface area contributed by atoms with Crippen molar-refractivity contribution in [2.24, 2.45) is 4.99 Å². The summed E-state index contributed by atoms with van der Waals surface area (Å²) in [5.74, 6) is 0. The first-order valence-electron chi connectivity index (χ1n) is 3.45. The van der Waals surface area contributed by atoms with Gasteiger partial charge in [-0.3, -0.25) is 10.4 Å². The predicted octanol–water partition coefficient (Wildman–Crippen LogP) is -0.836. The van der Waals surface area contributed by atoms with Crippen LogP contribution in [0, 0.1) is 5.41 Å². The molecule has 0 amide bonds. The minimum atomic E-state index is -0.215. The maximum Gasteiger partial charge on any atom is 0.186 e. The van der Waals surface area contributed by atoms with Crippen LogP contribution in [0.1, 0.15) is 6.92 Å². The summed E-state index contributed by atoms with van der Waals surface area (Å²) in [7, 11) is 0. The zero-order valence-corrected chi connectivity index (χ0v) is 6.60. The molecule has 12 heavy (non-hydrogen) atoms. The molecule has 0 aromatic carbocycles. The Morgan fingerprint density at radius 2 is 2.08 bits per heavy atom. The lowest BCUT2D eigenvalue weighted by molar-refractivity contribution is -0.0326. The van der Waals surface area contributed by atoms with Gasteiger partial charge >= 0.3 is 0 Å². The molecule has 6 nitrogen and oxygen atoms in total. The van der Waals surface area contributed by atoms with Gasteiger partial charge in [0.05, 0.1) is 0 Å². The summed E-state index contributed by atoms with van der Waals surface area (Å²) < 4.78 is 0. The summed E-state index contributed by atoms with van der Waals surface area (Å²) in [5, 5.41) is 25.2. The molecule has 0 radical (unpaired) electrons. The van der Waals surface area contributed by atoms with Gasteiger partial charge < -0.3 is 10.4 Å². The van der Waals surface area contributed by atoms with Gasteiger partial charge in [0.15, 0.2) is 11.0 Å². The van der Waals surface area contributed by atoms with E-state index in [1.54, 1.807) is 6.92 Å². The first-order chi connectivity index (χ1) is 5.66. The molecule has 1 aromatic rings. The monoisotopic (exact) mass is 170 g/mol. The van der Waals surface area contributed by atoms with Crippen LogP contribution < -0.4 is 11.0 Å². The number of rotatable bonds is 1. The summed E-state index contributed by atoms with van der Waals surface area (Å²) in [4.78, 5) is 4.57. The number of aromatic nitrogens is 2. The molecule has 66 valence electrons. The Balaban J connectivity index is 3.47. The van der Waals surface area contributed by atoms with Crippen LogP contribution in [0.25, 0.3) is 0 Å². The molecule has 0 bridgehead atoms. The highest BCUT2D eigenvalue weighted by molar-refractivity contribution is 4.82. The topological polar surface area (TPSA) is 86.5 Å². The number of hydrogen-bond donors (Lipinski definition) is 3. The van der Waals surface area contributed by atoms with E-state index in [4.69, 9.17) is 15.8 Å². The first-order valence-corrected chi connectivity index (χ1v) is 3.45. The molecular formula is C6H10N4O2. The van der Waals surface area contributed by atoms with Crippen LogP contribution in [0.5, 0.6) is 0 Å². The smallest absolute Gasteiger partial charge is 0.186 e. The summed E-state index contributed by atoms with van der Waals surface area (Å²) in [6.07, 6.45) is 0. The van der Waals surface area contributed by atoms with Crippen LogP contribution in [0.15, 0.2) is 17.1 Å². The van der Waals surface area contributed by atoms with Crippen molar-refractivity contribution in [3.05, 3.63) is 23.1 Å². The van der Waals surface area contributed by atoms with E-state index in [1.165, 1.54) is 12.1 Å². The molecule has 1 rings (SSSR count). The Bertz CT molecular complexity index is 389. The van der Waals surface area contributed by atoms with E-state index in [9.17, 15) is 0 Å². The number of nitrogens with one attached hydrogen (secondary N) is 1. The fraction of sp³-hybridized carbons (Fsp3) is 0.333. The molecular weight excluding hydrogens is 160 g/mol. The zero-order chi connectivity index (χ0) is 9.14. The predicted molar refractivity (Wildman–Crippen MR) is 38.7 cm³/mol. The molecule has 0 aliphatic heterocycles. The maximum atomic E-state index is 9.13. The second kappa shape index (κ2) is 3.12. The van der Waals surface area contributed by atoms with Crippen LogP contribution in [0.2, 0.25) is 0 Å². The molecule has 0 aliphatic carbocycles. The molecule has 0 spiro atoms. The third-order valence-electron chi connectivity index (χ3n) is 1.31. The van der Waals surface area contributed by atoms with Crippen LogP contribution in [-0.2, 0) is 0 Å². The van der Waals surface area contributed by atoms with Crippen molar-refractivity contribution in [3.8, 4) is 0 Å². The molecule has 6 heteroatoms. The highest BCUT2D eigenvalue weighted by Crippen LogP contribution is 1.68. The van der Waals surface area contributed by atoms with Gasteiger partial charge in [-0.1, -0.05) is 9.69 Å². The first kappa shape index (κ1) is 8.38. The van der Waals surface area contributed by atoms with Crippen molar-refractivity contribution in [1.29, 1.82) is 5.41 Å². The van der Waals surface area contributed by atoms with Crippen molar-refractivity contribution in [2.75, 3.05) is 6.54 Å². The Kier molecular flexibility index (Phi) is 2.18. The average molecular weight is 170 g/mol. The standard InChI is InChI=1S/C6H10N4O2/c1-2-8-6-4-3-5(7)9(11)10(6)12/h3-4,7,11-12H,2H2,1H3. The summed E-state index contributed by atoms with van der Waals surface area (Å²) in [5.41, 5.74) is -0.0106. The van der Waals surface area contributed by atoms with Crippen LogP contribution >= 0.6 is 0 Å². The van der Waals surface area contributed by atoms with Gasteiger partial charge in [-0.05, 0) is 19.1 Å². The number of nitrogens with zero attached hydrogens (tertiary/aromatic N) is 3. The van der Waals surface area contributed by atoms with Gasteiger partial charge in [-0.25, -0.2) is 0 Å². The van der Waals surface area contributed by atoms with Crippen LogP contribution in [-0.4, -0.2) is 26.6 Å². The molecule has 3 N–H and O–H groups in total. The average Bonchev–Trinajstić information content (AvgIpc) is 2.07. The van der Waals surface area contributed by atoms with Crippen molar-refractivity contribution >= 4 is 0 Å². The minimum Gasteiger partial charge on any atom is -0.409 e. The van der Waals surface area contributed by atoms with Crippen molar-refractivity contribution in [3.63, 3.8) is 0 Å². The molecule has 1 heterocycles. The number of hydrogen-bond acceptors (Lipinski definition) is 4. The molecule has 0 atom stereocenters. The third kappa shape index (κ3) is 1.31. The van der Waals surface area contributed by atoms with E-state index in [2.05, 4.69) is 4.99 Å². The molecule has 0 saturated heterocycles. The summed E-state index contributed by atoms with van der Waals surface area (Å²) in [6, 6.07) is 2.78. The van der Waals surface area contributed by atoms with E-state index >= 15 is 0 Å². The van der Waals surface area contributed by atoms with Crippen molar-refractivity contribution in [1.82, 2.24) is 9.69 Å². The Morgan fingerprint density at radius 3 is 2.67 bits per heavy atom. The van der Waals surface area contributed by atoms with Gasteiger partial charge in [-0.2, -0.15) is 0 Å². The zero-order valence-electron chi connectivity index (χ0n) is 6.60. The Morgan fingerprint density at radius 1 is 1.42 bits per heavy atom. The van der Waals surface area contributed by atoms with E-state index in [1.807, 2.05) is 0 Å². The molecule has 0 saturated carbocycles. The van der Waals surface area contributed by atoms with Crippen LogP contribution in [0.4, 0.5) is 0 Å². The Hall–Kier alpha value is -1.72. The van der Waals surface area contributed by atoms with Crippen LogP contribution in [0.3, 0.4) is 0 Å². The SMILES string of the molecule is CCN=c1ccc(=N)n(O)n1O. The van der Waals surface area contributed by atoms with Crippen molar-refractivity contribution < 1.29 is 10.4 Å². The van der Waals surface area contributed by atoms with Gasteiger partial charge in [0.2, 0.25) is 0 Å². The van der Waals surface area contributed by atoms with E-state index in [0.29, 0.717) is 16.2 Å².